The van der Waals surface area contributed by atoms with E-state index in [9.17, 15) is 8.42 Å². The van der Waals surface area contributed by atoms with Gasteiger partial charge in [0.15, 0.2) is 0 Å². The molecule has 0 aliphatic carbocycles. The van der Waals surface area contributed by atoms with Crippen molar-refractivity contribution in [1.82, 2.24) is 9.29 Å². The standard InChI is InChI=1S/C14H17ClN2O2S2/c1-11-16-9-13(20-11)10-17(2)21(18,19)14-5-3-12(4-6-14)7-8-15/h3-6,9H,7-8,10H2,1-2H3. The number of aryl methyl sites for hydroxylation is 2. The molecule has 0 unspecified atom stereocenters. The molecule has 0 radical (unpaired) electrons. The van der Waals surface area contributed by atoms with Crippen LogP contribution < -0.4 is 0 Å². The Labute approximate surface area is 134 Å². The van der Waals surface area contributed by atoms with Gasteiger partial charge >= 0.3 is 0 Å². The molecule has 0 saturated heterocycles. The SMILES string of the molecule is Cc1ncc(CN(C)S(=O)(=O)c2ccc(CCCl)cc2)s1. The third kappa shape index (κ3) is 4.03. The van der Waals surface area contributed by atoms with Crippen LogP contribution >= 0.6 is 22.9 Å². The number of hydrogen-bond donors (Lipinski definition) is 0. The zero-order valence-electron chi connectivity index (χ0n) is 11.9. The maximum absolute atomic E-state index is 12.5. The third-order valence-corrected chi connectivity index (χ3v) is 5.97. The Morgan fingerprint density at radius 3 is 2.48 bits per heavy atom. The lowest BCUT2D eigenvalue weighted by atomic mass is 10.2. The fraction of sp³-hybridized carbons (Fsp3) is 0.357. The van der Waals surface area contributed by atoms with Crippen LogP contribution in [0.15, 0.2) is 35.4 Å². The molecule has 1 aromatic heterocycles. The summed E-state index contributed by atoms with van der Waals surface area (Å²) in [5.74, 6) is 0.525. The van der Waals surface area contributed by atoms with Gasteiger partial charge in [-0.1, -0.05) is 12.1 Å². The molecule has 0 fully saturated rings. The first kappa shape index (κ1) is 16.4. The molecule has 0 spiro atoms. The molecule has 4 nitrogen and oxygen atoms in total. The van der Waals surface area contributed by atoms with E-state index in [1.807, 2.05) is 6.92 Å². The van der Waals surface area contributed by atoms with Crippen molar-refractivity contribution in [1.29, 1.82) is 0 Å². The van der Waals surface area contributed by atoms with Crippen LogP contribution in [0.1, 0.15) is 15.4 Å². The van der Waals surface area contributed by atoms with E-state index < -0.39 is 10.0 Å². The average molecular weight is 345 g/mol. The van der Waals surface area contributed by atoms with E-state index in [1.165, 1.54) is 15.6 Å². The summed E-state index contributed by atoms with van der Waals surface area (Å²) in [6, 6.07) is 6.87. The summed E-state index contributed by atoms with van der Waals surface area (Å²) >= 11 is 7.18. The highest BCUT2D eigenvalue weighted by Gasteiger charge is 2.21. The van der Waals surface area contributed by atoms with Gasteiger partial charge in [0.2, 0.25) is 10.0 Å². The van der Waals surface area contributed by atoms with Crippen LogP contribution in [-0.4, -0.2) is 30.6 Å². The van der Waals surface area contributed by atoms with Gasteiger partial charge in [-0.05, 0) is 31.0 Å². The first-order valence-corrected chi connectivity index (χ1v) is 9.25. The second-order valence-electron chi connectivity index (χ2n) is 4.69. The lowest BCUT2D eigenvalue weighted by Crippen LogP contribution is -2.26. The Hall–Kier alpha value is -0.950. The van der Waals surface area contributed by atoms with Crippen LogP contribution in [0.3, 0.4) is 0 Å². The van der Waals surface area contributed by atoms with Crippen LogP contribution in [0, 0.1) is 6.92 Å². The second-order valence-corrected chi connectivity index (χ2v) is 8.43. The molecule has 1 aromatic carbocycles. The predicted molar refractivity (Wildman–Crippen MR) is 86.4 cm³/mol. The fourth-order valence-corrected chi connectivity index (χ4v) is 4.20. The zero-order valence-corrected chi connectivity index (χ0v) is 14.3. The van der Waals surface area contributed by atoms with Crippen molar-refractivity contribution in [3.05, 3.63) is 45.9 Å². The monoisotopic (exact) mass is 344 g/mol. The minimum absolute atomic E-state index is 0.296. The summed E-state index contributed by atoms with van der Waals surface area (Å²) < 4.78 is 26.3. The maximum atomic E-state index is 12.5. The van der Waals surface area contributed by atoms with Crippen molar-refractivity contribution in [2.24, 2.45) is 0 Å². The van der Waals surface area contributed by atoms with Crippen LogP contribution in [0.5, 0.6) is 0 Å². The minimum Gasteiger partial charge on any atom is -0.250 e. The summed E-state index contributed by atoms with van der Waals surface area (Å²) in [6.45, 7) is 2.23. The van der Waals surface area contributed by atoms with Crippen LogP contribution in [0.25, 0.3) is 0 Å². The van der Waals surface area contributed by atoms with E-state index >= 15 is 0 Å². The van der Waals surface area contributed by atoms with E-state index in [0.717, 1.165) is 21.9 Å². The summed E-state index contributed by atoms with van der Waals surface area (Å²) in [4.78, 5) is 5.37. The highest BCUT2D eigenvalue weighted by atomic mass is 35.5. The number of rotatable bonds is 6. The number of nitrogens with zero attached hydrogens (tertiary/aromatic N) is 2. The maximum Gasteiger partial charge on any atom is 0.243 e. The van der Waals surface area contributed by atoms with Crippen molar-refractivity contribution in [2.45, 2.75) is 24.8 Å². The molecule has 0 saturated carbocycles. The molecule has 2 aromatic rings. The van der Waals surface area contributed by atoms with Crippen LogP contribution in [-0.2, 0) is 23.0 Å². The van der Waals surface area contributed by atoms with Gasteiger partial charge in [-0.15, -0.1) is 22.9 Å². The largest absolute Gasteiger partial charge is 0.250 e. The molecule has 2 rings (SSSR count). The number of hydrogen-bond acceptors (Lipinski definition) is 4. The molecule has 7 heteroatoms. The number of thiazole rings is 1. The Morgan fingerprint density at radius 2 is 1.95 bits per heavy atom. The Morgan fingerprint density at radius 1 is 1.29 bits per heavy atom. The summed E-state index contributed by atoms with van der Waals surface area (Å²) in [6.07, 6.45) is 2.45. The van der Waals surface area contributed by atoms with Gasteiger partial charge in [0.25, 0.3) is 0 Å². The lowest BCUT2D eigenvalue weighted by molar-refractivity contribution is 0.469. The van der Waals surface area contributed by atoms with Gasteiger partial charge in [-0.2, -0.15) is 4.31 Å². The highest BCUT2D eigenvalue weighted by Crippen LogP contribution is 2.20. The molecule has 0 aliphatic heterocycles. The van der Waals surface area contributed by atoms with Crippen molar-refractivity contribution in [2.75, 3.05) is 12.9 Å². The smallest absolute Gasteiger partial charge is 0.243 e. The summed E-state index contributed by atoms with van der Waals surface area (Å²) in [5, 5.41) is 0.932. The van der Waals surface area contributed by atoms with Crippen LogP contribution in [0.4, 0.5) is 0 Å². The number of alkyl halides is 1. The normalized spacial score (nSPS) is 12.0. The summed E-state index contributed by atoms with van der Waals surface area (Å²) in [7, 11) is -1.90. The molecule has 0 N–H and O–H groups in total. The zero-order chi connectivity index (χ0) is 15.5. The molecule has 0 amide bonds. The highest BCUT2D eigenvalue weighted by molar-refractivity contribution is 7.89. The lowest BCUT2D eigenvalue weighted by Gasteiger charge is -2.16. The molecule has 1 heterocycles. The molecular formula is C14H17ClN2O2S2. The predicted octanol–water partition coefficient (Wildman–Crippen LogP) is 3.05. The van der Waals surface area contributed by atoms with E-state index in [1.54, 1.807) is 37.5 Å². The topological polar surface area (TPSA) is 50.3 Å². The Bertz CT molecular complexity index is 696. The number of sulfonamides is 1. The van der Waals surface area contributed by atoms with E-state index in [2.05, 4.69) is 4.98 Å². The van der Waals surface area contributed by atoms with Crippen molar-refractivity contribution in [3.8, 4) is 0 Å². The Kier molecular flexibility index (Phi) is 5.37. The van der Waals surface area contributed by atoms with E-state index in [-0.39, 0.29) is 0 Å². The minimum atomic E-state index is -3.48. The van der Waals surface area contributed by atoms with E-state index in [0.29, 0.717) is 17.3 Å². The van der Waals surface area contributed by atoms with Gasteiger partial charge < -0.3 is 0 Å². The third-order valence-electron chi connectivity index (χ3n) is 3.06. The molecule has 21 heavy (non-hydrogen) atoms. The van der Waals surface area contributed by atoms with Gasteiger partial charge in [-0.25, -0.2) is 13.4 Å². The van der Waals surface area contributed by atoms with Crippen LogP contribution in [0.2, 0.25) is 0 Å². The second kappa shape index (κ2) is 6.87. The van der Waals surface area contributed by atoms with Crippen molar-refractivity contribution in [3.63, 3.8) is 0 Å². The number of halogens is 1. The van der Waals surface area contributed by atoms with Gasteiger partial charge in [0.05, 0.1) is 9.90 Å². The Balaban J connectivity index is 2.16. The average Bonchev–Trinajstić information content (AvgIpc) is 2.85. The quantitative estimate of drug-likeness (QED) is 0.757. The first-order chi connectivity index (χ1) is 9.93. The van der Waals surface area contributed by atoms with Crippen molar-refractivity contribution < 1.29 is 8.42 Å². The summed E-state index contributed by atoms with van der Waals surface area (Å²) in [5.41, 5.74) is 1.03. The van der Waals surface area contributed by atoms with Gasteiger partial charge in [-0.3, -0.25) is 0 Å². The molecule has 0 atom stereocenters. The van der Waals surface area contributed by atoms with E-state index in [4.69, 9.17) is 11.6 Å². The van der Waals surface area contributed by atoms with Crippen molar-refractivity contribution >= 4 is 33.0 Å². The molecule has 0 bridgehead atoms. The first-order valence-electron chi connectivity index (χ1n) is 6.46. The molecular weight excluding hydrogens is 328 g/mol. The molecule has 0 aliphatic rings. The fourth-order valence-electron chi connectivity index (χ4n) is 1.90. The van der Waals surface area contributed by atoms with Gasteiger partial charge in [0, 0.05) is 30.5 Å². The number of benzene rings is 1. The number of aromatic nitrogens is 1. The van der Waals surface area contributed by atoms with Gasteiger partial charge in [0.1, 0.15) is 0 Å². The molecule has 114 valence electrons.